The Morgan fingerprint density at radius 2 is 2.00 bits per heavy atom. The van der Waals surface area contributed by atoms with E-state index in [-0.39, 0.29) is 5.78 Å². The Kier molecular flexibility index (Phi) is 1.17. The van der Waals surface area contributed by atoms with Crippen LogP contribution in [-0.4, -0.2) is 24.5 Å². The molecule has 1 aliphatic heterocycles. The molecule has 0 fully saturated rings. The van der Waals surface area contributed by atoms with Gasteiger partial charge in [0.2, 0.25) is 5.78 Å². The SMILES string of the molecule is NC1N=CC(=O)C=N1. The van der Waals surface area contributed by atoms with E-state index in [1.54, 1.807) is 0 Å². The summed E-state index contributed by atoms with van der Waals surface area (Å²) in [5.74, 6) is -0.202. The van der Waals surface area contributed by atoms with E-state index in [4.69, 9.17) is 5.73 Å². The van der Waals surface area contributed by atoms with E-state index in [1.165, 1.54) is 0 Å². The molecule has 0 radical (unpaired) electrons. The maximum atomic E-state index is 10.3. The fourth-order valence-electron chi connectivity index (χ4n) is 0.371. The first kappa shape index (κ1) is 5.11. The van der Waals surface area contributed by atoms with Crippen molar-refractivity contribution in [2.45, 2.75) is 6.29 Å². The summed E-state index contributed by atoms with van der Waals surface area (Å²) < 4.78 is 0. The molecule has 8 heavy (non-hydrogen) atoms. The molecule has 0 aromatic rings. The number of nitrogens with two attached hydrogens (primary N) is 1. The van der Waals surface area contributed by atoms with Gasteiger partial charge in [-0.3, -0.25) is 10.5 Å². The highest BCUT2D eigenvalue weighted by atomic mass is 16.1. The van der Waals surface area contributed by atoms with Crippen molar-refractivity contribution in [2.24, 2.45) is 15.7 Å². The molecule has 0 atom stereocenters. The second-order valence-electron chi connectivity index (χ2n) is 1.37. The van der Waals surface area contributed by atoms with Crippen LogP contribution in [0.15, 0.2) is 9.98 Å². The third-order valence-corrected chi connectivity index (χ3v) is 0.709. The lowest BCUT2D eigenvalue weighted by Gasteiger charge is -1.99. The minimum atomic E-state index is -0.562. The molecular formula is C4H5N3O. The molecule has 0 saturated carbocycles. The van der Waals surface area contributed by atoms with Gasteiger partial charge in [0.25, 0.3) is 0 Å². The lowest BCUT2D eigenvalue weighted by molar-refractivity contribution is -0.106. The highest BCUT2D eigenvalue weighted by molar-refractivity contribution is 6.53. The van der Waals surface area contributed by atoms with Crippen molar-refractivity contribution in [3.63, 3.8) is 0 Å². The van der Waals surface area contributed by atoms with E-state index in [0.717, 1.165) is 12.4 Å². The number of carbonyl (C=O) groups excluding carboxylic acids is 1. The van der Waals surface area contributed by atoms with Crippen LogP contribution in [0.3, 0.4) is 0 Å². The van der Waals surface area contributed by atoms with Crippen LogP contribution in [0.5, 0.6) is 0 Å². The molecule has 1 heterocycles. The van der Waals surface area contributed by atoms with Crippen LogP contribution in [0.2, 0.25) is 0 Å². The summed E-state index contributed by atoms with van der Waals surface area (Å²) in [5.41, 5.74) is 5.15. The predicted molar refractivity (Wildman–Crippen MR) is 30.0 cm³/mol. The number of aliphatic imine (C=N–C) groups is 2. The van der Waals surface area contributed by atoms with Gasteiger partial charge in [-0.15, -0.1) is 0 Å². The van der Waals surface area contributed by atoms with Crippen molar-refractivity contribution in [3.8, 4) is 0 Å². The summed E-state index contributed by atoms with van der Waals surface area (Å²) in [6, 6.07) is 0. The van der Waals surface area contributed by atoms with Crippen LogP contribution in [0, 0.1) is 0 Å². The number of rotatable bonds is 0. The van der Waals surface area contributed by atoms with Gasteiger partial charge < -0.3 is 0 Å². The molecule has 0 aromatic heterocycles. The van der Waals surface area contributed by atoms with Crippen molar-refractivity contribution in [3.05, 3.63) is 0 Å². The molecular weight excluding hydrogens is 106 g/mol. The molecule has 2 N–H and O–H groups in total. The van der Waals surface area contributed by atoms with Crippen LogP contribution in [0.25, 0.3) is 0 Å². The zero-order chi connectivity index (χ0) is 5.98. The monoisotopic (exact) mass is 111 g/mol. The van der Waals surface area contributed by atoms with Crippen LogP contribution in [-0.2, 0) is 4.79 Å². The van der Waals surface area contributed by atoms with E-state index >= 15 is 0 Å². The maximum absolute atomic E-state index is 10.3. The average molecular weight is 111 g/mol. The Morgan fingerprint density at radius 3 is 2.38 bits per heavy atom. The predicted octanol–water partition coefficient (Wildman–Crippen LogP) is -1.05. The molecule has 4 nitrogen and oxygen atoms in total. The lowest BCUT2D eigenvalue weighted by atomic mass is 10.4. The van der Waals surface area contributed by atoms with Crippen molar-refractivity contribution in [2.75, 3.05) is 0 Å². The van der Waals surface area contributed by atoms with Gasteiger partial charge in [-0.1, -0.05) is 0 Å². The zero-order valence-corrected chi connectivity index (χ0v) is 4.11. The second-order valence-corrected chi connectivity index (χ2v) is 1.37. The lowest BCUT2D eigenvalue weighted by Crippen LogP contribution is -2.21. The van der Waals surface area contributed by atoms with Gasteiger partial charge in [0.05, 0.1) is 12.4 Å². The minimum absolute atomic E-state index is 0.202. The Bertz CT molecular complexity index is 145. The van der Waals surface area contributed by atoms with Crippen molar-refractivity contribution < 1.29 is 4.79 Å². The summed E-state index contributed by atoms with van der Waals surface area (Å²) in [4.78, 5) is 17.3. The number of hydrogen-bond donors (Lipinski definition) is 1. The van der Waals surface area contributed by atoms with E-state index in [9.17, 15) is 4.79 Å². The van der Waals surface area contributed by atoms with E-state index < -0.39 is 6.29 Å². The fourth-order valence-corrected chi connectivity index (χ4v) is 0.371. The molecule has 0 bridgehead atoms. The normalized spacial score (nSPS) is 19.9. The number of Topliss-reactive ketones (excluding diaryl/α,β-unsaturated/α-hetero) is 1. The molecule has 0 aromatic carbocycles. The molecule has 1 aliphatic rings. The van der Waals surface area contributed by atoms with E-state index in [2.05, 4.69) is 9.98 Å². The first-order valence-corrected chi connectivity index (χ1v) is 2.15. The van der Waals surface area contributed by atoms with Crippen LogP contribution >= 0.6 is 0 Å². The van der Waals surface area contributed by atoms with Crippen molar-refractivity contribution >= 4 is 18.2 Å². The number of carbonyl (C=O) groups is 1. The first-order chi connectivity index (χ1) is 3.79. The van der Waals surface area contributed by atoms with Gasteiger partial charge in [-0.05, 0) is 0 Å². The Hall–Kier alpha value is -1.03. The molecule has 0 amide bonds. The smallest absolute Gasteiger partial charge is 0.214 e. The second kappa shape index (κ2) is 1.83. The quantitative estimate of drug-likeness (QED) is 0.433. The van der Waals surface area contributed by atoms with Crippen LogP contribution in [0.4, 0.5) is 0 Å². The molecule has 0 saturated heterocycles. The fraction of sp³-hybridized carbons (Fsp3) is 0.250. The Balaban J connectivity index is 2.68. The number of hydrogen-bond acceptors (Lipinski definition) is 4. The van der Waals surface area contributed by atoms with Gasteiger partial charge >= 0.3 is 0 Å². The van der Waals surface area contributed by atoms with Crippen molar-refractivity contribution in [1.82, 2.24) is 0 Å². The van der Waals surface area contributed by atoms with E-state index in [1.807, 2.05) is 0 Å². The molecule has 0 spiro atoms. The molecule has 4 heteroatoms. The van der Waals surface area contributed by atoms with Crippen LogP contribution < -0.4 is 5.73 Å². The van der Waals surface area contributed by atoms with E-state index in [0.29, 0.717) is 0 Å². The first-order valence-electron chi connectivity index (χ1n) is 2.15. The topological polar surface area (TPSA) is 67.8 Å². The van der Waals surface area contributed by atoms with Crippen molar-refractivity contribution in [1.29, 1.82) is 0 Å². The summed E-state index contributed by atoms with van der Waals surface area (Å²) >= 11 is 0. The Morgan fingerprint density at radius 1 is 1.50 bits per heavy atom. The summed E-state index contributed by atoms with van der Waals surface area (Å²) in [6.07, 6.45) is 1.77. The third-order valence-electron chi connectivity index (χ3n) is 0.709. The van der Waals surface area contributed by atoms with Crippen LogP contribution in [0.1, 0.15) is 0 Å². The average Bonchev–Trinajstić information content (AvgIpc) is 1.77. The van der Waals surface area contributed by atoms with Gasteiger partial charge in [0.1, 0.15) is 0 Å². The highest BCUT2D eigenvalue weighted by Crippen LogP contribution is 1.84. The van der Waals surface area contributed by atoms with Gasteiger partial charge in [-0.25, -0.2) is 9.98 Å². The largest absolute Gasteiger partial charge is 0.291 e. The molecule has 1 rings (SSSR count). The Labute approximate surface area is 46.1 Å². The molecule has 0 aliphatic carbocycles. The summed E-state index contributed by atoms with van der Waals surface area (Å²) in [7, 11) is 0. The maximum Gasteiger partial charge on any atom is 0.214 e. The minimum Gasteiger partial charge on any atom is -0.291 e. The standard InChI is InChI=1S/C4H5N3O/c5-4-6-1-3(8)2-7-4/h1-2,4H,5H2. The summed E-state index contributed by atoms with van der Waals surface area (Å²) in [5, 5.41) is 0. The van der Waals surface area contributed by atoms with Gasteiger partial charge in [0, 0.05) is 0 Å². The third kappa shape index (κ3) is 0.974. The van der Waals surface area contributed by atoms with Gasteiger partial charge in [0.15, 0.2) is 6.29 Å². The molecule has 0 unspecified atom stereocenters. The zero-order valence-electron chi connectivity index (χ0n) is 4.11. The number of ketones is 1. The van der Waals surface area contributed by atoms with Gasteiger partial charge in [-0.2, -0.15) is 0 Å². The highest BCUT2D eigenvalue weighted by Gasteiger charge is 2.00. The summed E-state index contributed by atoms with van der Waals surface area (Å²) in [6.45, 7) is 0. The molecule has 42 valence electrons. The number of nitrogens with zero attached hydrogens (tertiary/aromatic N) is 2.